The van der Waals surface area contributed by atoms with Gasteiger partial charge in [-0.2, -0.15) is 0 Å². The molecule has 3 heteroatoms. The zero-order valence-electron chi connectivity index (χ0n) is 11.7. The number of aromatic nitrogens is 2. The molecular weight excluding hydrogens is 210 g/mol. The fourth-order valence-corrected chi connectivity index (χ4v) is 1.74. The van der Waals surface area contributed by atoms with Crippen LogP contribution in [0.15, 0.2) is 18.1 Å². The van der Waals surface area contributed by atoms with Gasteiger partial charge in [0.1, 0.15) is 0 Å². The standard InChI is InChI=1S/C14H25N3/c1-6-7-16-13(5)12(4)8-14-9-15-10-17(14)11(2)3/h8-11,13,16H,6-7H2,1-5H3. The topological polar surface area (TPSA) is 29.9 Å². The highest BCUT2D eigenvalue weighted by Gasteiger charge is 2.06. The first-order valence-corrected chi connectivity index (χ1v) is 6.49. The molecule has 1 rings (SSSR count). The van der Waals surface area contributed by atoms with Crippen molar-refractivity contribution in [2.45, 2.75) is 53.1 Å². The Bertz CT molecular complexity index is 363. The molecule has 0 aliphatic rings. The van der Waals surface area contributed by atoms with Crippen LogP contribution in [-0.2, 0) is 0 Å². The number of imidazole rings is 1. The molecule has 96 valence electrons. The van der Waals surface area contributed by atoms with Gasteiger partial charge in [-0.3, -0.25) is 0 Å². The molecular formula is C14H25N3. The van der Waals surface area contributed by atoms with Crippen LogP contribution in [0, 0.1) is 0 Å². The summed E-state index contributed by atoms with van der Waals surface area (Å²) in [6.45, 7) is 12.0. The normalized spacial score (nSPS) is 14.4. The third-order valence-electron chi connectivity index (χ3n) is 3.01. The van der Waals surface area contributed by atoms with Gasteiger partial charge in [-0.05, 0) is 46.7 Å². The zero-order chi connectivity index (χ0) is 12.8. The maximum absolute atomic E-state index is 4.22. The largest absolute Gasteiger partial charge is 0.329 e. The zero-order valence-corrected chi connectivity index (χ0v) is 11.7. The molecule has 1 atom stereocenters. The van der Waals surface area contributed by atoms with E-state index in [1.165, 1.54) is 17.7 Å². The molecule has 1 unspecified atom stereocenters. The highest BCUT2D eigenvalue weighted by atomic mass is 15.1. The molecule has 0 aliphatic heterocycles. The highest BCUT2D eigenvalue weighted by molar-refractivity contribution is 5.49. The molecule has 1 heterocycles. The van der Waals surface area contributed by atoms with Crippen LogP contribution in [0.2, 0.25) is 0 Å². The van der Waals surface area contributed by atoms with Crippen LogP contribution in [0.5, 0.6) is 0 Å². The van der Waals surface area contributed by atoms with E-state index >= 15 is 0 Å². The molecule has 0 bridgehead atoms. The Balaban J connectivity index is 2.76. The summed E-state index contributed by atoms with van der Waals surface area (Å²) in [5.41, 5.74) is 2.53. The predicted molar refractivity (Wildman–Crippen MR) is 74.0 cm³/mol. The molecule has 0 radical (unpaired) electrons. The minimum atomic E-state index is 0.422. The fraction of sp³-hybridized carbons (Fsp3) is 0.643. The monoisotopic (exact) mass is 235 g/mol. The molecule has 0 saturated heterocycles. The van der Waals surface area contributed by atoms with E-state index in [9.17, 15) is 0 Å². The van der Waals surface area contributed by atoms with Crippen LogP contribution < -0.4 is 5.32 Å². The number of nitrogens with one attached hydrogen (secondary N) is 1. The number of nitrogens with zero attached hydrogens (tertiary/aromatic N) is 2. The minimum Gasteiger partial charge on any atom is -0.329 e. The van der Waals surface area contributed by atoms with Gasteiger partial charge >= 0.3 is 0 Å². The van der Waals surface area contributed by atoms with Gasteiger partial charge in [0.15, 0.2) is 0 Å². The van der Waals surface area contributed by atoms with Crippen molar-refractivity contribution in [2.24, 2.45) is 0 Å². The van der Waals surface area contributed by atoms with Crippen molar-refractivity contribution in [3.8, 4) is 0 Å². The minimum absolute atomic E-state index is 0.422. The van der Waals surface area contributed by atoms with E-state index < -0.39 is 0 Å². The van der Waals surface area contributed by atoms with Gasteiger partial charge in [-0.1, -0.05) is 12.5 Å². The van der Waals surface area contributed by atoms with E-state index in [0.717, 1.165) is 6.54 Å². The SMILES string of the molecule is CCCNC(C)C(C)=Cc1cncn1C(C)C. The number of hydrogen-bond acceptors (Lipinski definition) is 2. The molecule has 0 aromatic carbocycles. The molecule has 17 heavy (non-hydrogen) atoms. The Labute approximate surface area is 105 Å². The summed E-state index contributed by atoms with van der Waals surface area (Å²) in [4.78, 5) is 4.22. The molecule has 1 aromatic rings. The van der Waals surface area contributed by atoms with E-state index in [0.29, 0.717) is 12.1 Å². The summed E-state index contributed by atoms with van der Waals surface area (Å²) in [7, 11) is 0. The van der Waals surface area contributed by atoms with Crippen molar-refractivity contribution in [3.05, 3.63) is 23.8 Å². The van der Waals surface area contributed by atoms with Crippen molar-refractivity contribution in [3.63, 3.8) is 0 Å². The van der Waals surface area contributed by atoms with Crippen LogP contribution in [0.25, 0.3) is 6.08 Å². The first-order valence-electron chi connectivity index (χ1n) is 6.49. The van der Waals surface area contributed by atoms with Gasteiger partial charge in [0.25, 0.3) is 0 Å². The lowest BCUT2D eigenvalue weighted by atomic mass is 10.1. The average Bonchev–Trinajstić information content (AvgIpc) is 2.73. The van der Waals surface area contributed by atoms with Crippen molar-refractivity contribution in [1.29, 1.82) is 0 Å². The summed E-state index contributed by atoms with van der Waals surface area (Å²) < 4.78 is 2.19. The third-order valence-corrected chi connectivity index (χ3v) is 3.01. The van der Waals surface area contributed by atoms with Crippen molar-refractivity contribution < 1.29 is 0 Å². The summed E-state index contributed by atoms with van der Waals surface area (Å²) in [6.07, 6.45) is 7.21. The van der Waals surface area contributed by atoms with Gasteiger partial charge < -0.3 is 9.88 Å². The Morgan fingerprint density at radius 2 is 2.18 bits per heavy atom. The van der Waals surface area contributed by atoms with Crippen LogP contribution in [0.4, 0.5) is 0 Å². The smallest absolute Gasteiger partial charge is 0.0953 e. The summed E-state index contributed by atoms with van der Waals surface area (Å²) in [5, 5.41) is 3.50. The predicted octanol–water partition coefficient (Wildman–Crippen LogP) is 3.26. The van der Waals surface area contributed by atoms with Gasteiger partial charge in [0.2, 0.25) is 0 Å². The molecule has 1 aromatic heterocycles. The summed E-state index contributed by atoms with van der Waals surface area (Å²) >= 11 is 0. The molecule has 0 amide bonds. The lowest BCUT2D eigenvalue weighted by Gasteiger charge is -2.15. The first-order chi connectivity index (χ1) is 8.06. The Morgan fingerprint density at radius 1 is 1.47 bits per heavy atom. The van der Waals surface area contributed by atoms with E-state index in [2.05, 4.69) is 55.6 Å². The van der Waals surface area contributed by atoms with E-state index in [-0.39, 0.29) is 0 Å². The lowest BCUT2D eigenvalue weighted by Crippen LogP contribution is -2.27. The summed E-state index contributed by atoms with van der Waals surface area (Å²) in [6, 6.07) is 0.876. The number of rotatable bonds is 6. The maximum atomic E-state index is 4.22. The van der Waals surface area contributed by atoms with Gasteiger partial charge in [-0.15, -0.1) is 0 Å². The lowest BCUT2D eigenvalue weighted by molar-refractivity contribution is 0.590. The van der Waals surface area contributed by atoms with Gasteiger partial charge in [0.05, 0.1) is 18.2 Å². The fourth-order valence-electron chi connectivity index (χ4n) is 1.74. The van der Waals surface area contributed by atoms with Crippen molar-refractivity contribution in [2.75, 3.05) is 6.54 Å². The Hall–Kier alpha value is -1.09. The second-order valence-corrected chi connectivity index (χ2v) is 4.88. The molecule has 0 spiro atoms. The second-order valence-electron chi connectivity index (χ2n) is 4.88. The van der Waals surface area contributed by atoms with Crippen LogP contribution in [-0.4, -0.2) is 22.1 Å². The van der Waals surface area contributed by atoms with Gasteiger partial charge in [0, 0.05) is 12.1 Å². The van der Waals surface area contributed by atoms with E-state index in [4.69, 9.17) is 0 Å². The second kappa shape index (κ2) is 6.60. The quantitative estimate of drug-likeness (QED) is 0.820. The Morgan fingerprint density at radius 3 is 2.76 bits per heavy atom. The van der Waals surface area contributed by atoms with Crippen LogP contribution in [0.1, 0.15) is 52.8 Å². The Kier molecular flexibility index (Phi) is 5.42. The van der Waals surface area contributed by atoms with Crippen LogP contribution in [0.3, 0.4) is 0 Å². The van der Waals surface area contributed by atoms with E-state index in [1.807, 2.05) is 12.5 Å². The van der Waals surface area contributed by atoms with Crippen molar-refractivity contribution in [1.82, 2.24) is 14.9 Å². The van der Waals surface area contributed by atoms with Crippen molar-refractivity contribution >= 4 is 6.08 Å². The maximum Gasteiger partial charge on any atom is 0.0953 e. The van der Waals surface area contributed by atoms with E-state index in [1.54, 1.807) is 0 Å². The van der Waals surface area contributed by atoms with Crippen LogP contribution >= 0.6 is 0 Å². The molecule has 0 saturated carbocycles. The van der Waals surface area contributed by atoms with Gasteiger partial charge in [-0.25, -0.2) is 4.98 Å². The molecule has 0 aliphatic carbocycles. The molecule has 3 nitrogen and oxygen atoms in total. The third kappa shape index (κ3) is 4.00. The molecule has 1 N–H and O–H groups in total. The first kappa shape index (κ1) is 14.0. The summed E-state index contributed by atoms with van der Waals surface area (Å²) in [5.74, 6) is 0. The number of hydrogen-bond donors (Lipinski definition) is 1. The highest BCUT2D eigenvalue weighted by Crippen LogP contribution is 2.14. The average molecular weight is 235 g/mol. The molecule has 0 fully saturated rings.